The van der Waals surface area contributed by atoms with Gasteiger partial charge in [-0.3, -0.25) is 0 Å². The van der Waals surface area contributed by atoms with E-state index in [0.717, 1.165) is 12.0 Å². The maximum atomic E-state index is 3.32. The highest BCUT2D eigenvalue weighted by Gasteiger charge is 2.06. The van der Waals surface area contributed by atoms with Crippen molar-refractivity contribution in [2.45, 2.75) is 78.7 Å². The van der Waals surface area contributed by atoms with Gasteiger partial charge in [-0.25, -0.2) is 0 Å². The van der Waals surface area contributed by atoms with Crippen LogP contribution in [0, 0.1) is 5.92 Å². The third-order valence-corrected chi connectivity index (χ3v) is 3.20. The Morgan fingerprint density at radius 3 is 1.60 bits per heavy atom. The van der Waals surface area contributed by atoms with Crippen molar-refractivity contribution < 1.29 is 0 Å². The van der Waals surface area contributed by atoms with Crippen molar-refractivity contribution in [2.75, 3.05) is 6.54 Å². The molecule has 1 saturated heterocycles. The lowest BCUT2D eigenvalue weighted by atomic mass is 9.91. The van der Waals surface area contributed by atoms with E-state index < -0.39 is 0 Å². The average molecular weight is 213 g/mol. The molecular weight excluding hydrogens is 182 g/mol. The molecule has 1 nitrogen and oxygen atoms in total. The quantitative estimate of drug-likeness (QED) is 0.630. The summed E-state index contributed by atoms with van der Waals surface area (Å²) < 4.78 is 0. The van der Waals surface area contributed by atoms with E-state index in [1.807, 2.05) is 13.8 Å². The number of hydrogen-bond acceptors (Lipinski definition) is 1. The van der Waals surface area contributed by atoms with E-state index in [9.17, 15) is 0 Å². The van der Waals surface area contributed by atoms with E-state index in [-0.39, 0.29) is 0 Å². The maximum Gasteiger partial charge on any atom is 0.00391 e. The fourth-order valence-electron chi connectivity index (χ4n) is 2.17. The summed E-state index contributed by atoms with van der Waals surface area (Å²) in [5, 5.41) is 3.32. The minimum Gasteiger partial charge on any atom is -0.314 e. The van der Waals surface area contributed by atoms with Gasteiger partial charge in [0.1, 0.15) is 0 Å². The van der Waals surface area contributed by atoms with Gasteiger partial charge in [-0.15, -0.1) is 0 Å². The molecule has 2 aliphatic rings. The van der Waals surface area contributed by atoms with Crippen molar-refractivity contribution in [3.8, 4) is 0 Å². The van der Waals surface area contributed by atoms with Crippen molar-refractivity contribution in [3.63, 3.8) is 0 Å². The lowest BCUT2D eigenvalue weighted by Gasteiger charge is -2.15. The Balaban J connectivity index is 0.000000227. The van der Waals surface area contributed by atoms with Crippen molar-refractivity contribution in [1.82, 2.24) is 5.32 Å². The first kappa shape index (κ1) is 15.0. The molecule has 92 valence electrons. The van der Waals surface area contributed by atoms with Crippen molar-refractivity contribution in [1.29, 1.82) is 0 Å². The summed E-state index contributed by atoms with van der Waals surface area (Å²) in [6.45, 7) is 9.83. The molecule has 2 fully saturated rings. The van der Waals surface area contributed by atoms with E-state index in [0.29, 0.717) is 0 Å². The lowest BCUT2D eigenvalue weighted by Crippen LogP contribution is -2.16. The van der Waals surface area contributed by atoms with Gasteiger partial charge in [-0.2, -0.15) is 0 Å². The van der Waals surface area contributed by atoms with Crippen LogP contribution in [0.25, 0.3) is 0 Å². The fourth-order valence-corrected chi connectivity index (χ4v) is 2.17. The lowest BCUT2D eigenvalue weighted by molar-refractivity contribution is 0.385. The fraction of sp³-hybridized carbons (Fsp3) is 1.00. The third-order valence-electron chi connectivity index (χ3n) is 3.20. The van der Waals surface area contributed by atoms with E-state index >= 15 is 0 Å². The zero-order valence-electron chi connectivity index (χ0n) is 11.3. The Labute approximate surface area is 97.0 Å². The molecule has 0 spiro atoms. The van der Waals surface area contributed by atoms with E-state index in [2.05, 4.69) is 19.2 Å². The predicted octanol–water partition coefficient (Wildman–Crippen LogP) is 4.37. The summed E-state index contributed by atoms with van der Waals surface area (Å²) >= 11 is 0. The maximum absolute atomic E-state index is 3.32. The second-order valence-electron chi connectivity index (χ2n) is 4.74. The zero-order chi connectivity index (χ0) is 11.5. The molecule has 1 aliphatic heterocycles. The molecule has 1 atom stereocenters. The first-order valence-electron chi connectivity index (χ1n) is 7.02. The molecule has 1 saturated carbocycles. The molecule has 1 unspecified atom stereocenters. The SMILES string of the molecule is CC.CC1CCCCC1.CC1CCCN1. The van der Waals surface area contributed by atoms with Crippen LogP contribution in [0.5, 0.6) is 0 Å². The van der Waals surface area contributed by atoms with Gasteiger partial charge in [0.15, 0.2) is 0 Å². The highest BCUT2D eigenvalue weighted by atomic mass is 14.9. The molecule has 0 aromatic rings. The predicted molar refractivity (Wildman–Crippen MR) is 70.3 cm³/mol. The van der Waals surface area contributed by atoms with E-state index in [1.165, 1.54) is 51.5 Å². The first-order chi connectivity index (χ1) is 7.29. The van der Waals surface area contributed by atoms with Crippen LogP contribution in [0.4, 0.5) is 0 Å². The Morgan fingerprint density at radius 1 is 0.800 bits per heavy atom. The standard InChI is InChI=1S/C7H14.C5H11N.C2H6/c1-7-5-3-2-4-6-7;1-5-3-2-4-6-5;1-2/h7H,2-6H2,1H3;5-6H,2-4H2,1H3;1-2H3. The molecule has 0 amide bonds. The largest absolute Gasteiger partial charge is 0.314 e. The molecule has 1 N–H and O–H groups in total. The van der Waals surface area contributed by atoms with Crippen molar-refractivity contribution in [3.05, 3.63) is 0 Å². The molecule has 2 rings (SSSR count). The summed E-state index contributed by atoms with van der Waals surface area (Å²) in [5.74, 6) is 1.04. The van der Waals surface area contributed by atoms with Crippen LogP contribution in [0.1, 0.15) is 72.6 Å². The minimum absolute atomic E-state index is 0.796. The second-order valence-corrected chi connectivity index (χ2v) is 4.74. The van der Waals surface area contributed by atoms with Gasteiger partial charge < -0.3 is 5.32 Å². The van der Waals surface area contributed by atoms with Gasteiger partial charge in [0, 0.05) is 6.04 Å². The van der Waals surface area contributed by atoms with Crippen LogP contribution in [-0.4, -0.2) is 12.6 Å². The van der Waals surface area contributed by atoms with Crippen LogP contribution < -0.4 is 5.32 Å². The van der Waals surface area contributed by atoms with Crippen LogP contribution in [0.2, 0.25) is 0 Å². The molecule has 15 heavy (non-hydrogen) atoms. The molecule has 0 radical (unpaired) electrons. The number of rotatable bonds is 0. The van der Waals surface area contributed by atoms with Crippen molar-refractivity contribution in [2.24, 2.45) is 5.92 Å². The number of hydrogen-bond donors (Lipinski definition) is 1. The summed E-state index contributed by atoms with van der Waals surface area (Å²) in [6, 6.07) is 0.796. The van der Waals surface area contributed by atoms with Gasteiger partial charge in [0.05, 0.1) is 0 Å². The molecular formula is C14H31N. The average Bonchev–Trinajstić information content (AvgIpc) is 2.74. The third kappa shape index (κ3) is 8.92. The van der Waals surface area contributed by atoms with Crippen LogP contribution in [-0.2, 0) is 0 Å². The highest BCUT2D eigenvalue weighted by molar-refractivity contribution is 4.67. The van der Waals surface area contributed by atoms with Gasteiger partial charge in [-0.05, 0) is 32.2 Å². The summed E-state index contributed by atoms with van der Waals surface area (Å²) in [7, 11) is 0. The molecule has 0 bridgehead atoms. The Kier molecular flexibility index (Phi) is 10.4. The smallest absolute Gasteiger partial charge is 0.00391 e. The molecule has 1 heterocycles. The van der Waals surface area contributed by atoms with Gasteiger partial charge in [0.25, 0.3) is 0 Å². The minimum atomic E-state index is 0.796. The zero-order valence-corrected chi connectivity index (χ0v) is 11.3. The Morgan fingerprint density at radius 2 is 1.40 bits per heavy atom. The monoisotopic (exact) mass is 213 g/mol. The van der Waals surface area contributed by atoms with Crippen LogP contribution in [0.15, 0.2) is 0 Å². The molecule has 0 aromatic heterocycles. The molecule has 1 heteroatoms. The van der Waals surface area contributed by atoms with E-state index in [1.54, 1.807) is 0 Å². The summed E-state index contributed by atoms with van der Waals surface area (Å²) in [5.41, 5.74) is 0. The second kappa shape index (κ2) is 10.5. The molecule has 0 aromatic carbocycles. The first-order valence-corrected chi connectivity index (χ1v) is 7.02. The van der Waals surface area contributed by atoms with Gasteiger partial charge in [0.2, 0.25) is 0 Å². The van der Waals surface area contributed by atoms with Gasteiger partial charge in [-0.1, -0.05) is 52.9 Å². The Hall–Kier alpha value is -0.0400. The number of nitrogens with one attached hydrogen (secondary N) is 1. The van der Waals surface area contributed by atoms with Crippen LogP contribution >= 0.6 is 0 Å². The Bertz CT molecular complexity index is 111. The van der Waals surface area contributed by atoms with Crippen LogP contribution in [0.3, 0.4) is 0 Å². The van der Waals surface area contributed by atoms with Crippen molar-refractivity contribution >= 4 is 0 Å². The summed E-state index contributed by atoms with van der Waals surface area (Å²) in [6.07, 6.45) is 10.2. The normalized spacial score (nSPS) is 26.0. The van der Waals surface area contributed by atoms with E-state index in [4.69, 9.17) is 0 Å². The summed E-state index contributed by atoms with van der Waals surface area (Å²) in [4.78, 5) is 0. The topological polar surface area (TPSA) is 12.0 Å². The highest BCUT2D eigenvalue weighted by Crippen LogP contribution is 2.22. The van der Waals surface area contributed by atoms with Gasteiger partial charge >= 0.3 is 0 Å². The molecule has 1 aliphatic carbocycles.